The highest BCUT2D eigenvalue weighted by Crippen LogP contribution is 2.28. The number of nitrogens with zero attached hydrogens (tertiary/aromatic N) is 4. The minimum Gasteiger partial charge on any atom is -0.495 e. The van der Waals surface area contributed by atoms with Gasteiger partial charge in [-0.1, -0.05) is 12.1 Å². The van der Waals surface area contributed by atoms with Crippen LogP contribution in [0.3, 0.4) is 0 Å². The molecule has 7 nitrogen and oxygen atoms in total. The molecule has 1 fully saturated rings. The summed E-state index contributed by atoms with van der Waals surface area (Å²) >= 11 is 0. The zero-order valence-corrected chi connectivity index (χ0v) is 14.5. The van der Waals surface area contributed by atoms with Crippen molar-refractivity contribution in [2.75, 3.05) is 43.1 Å². The molecule has 0 amide bonds. The molecule has 1 aliphatic heterocycles. The first-order chi connectivity index (χ1) is 12.1. The van der Waals surface area contributed by atoms with Gasteiger partial charge in [0.25, 0.3) is 5.56 Å². The van der Waals surface area contributed by atoms with E-state index < -0.39 is 0 Å². The van der Waals surface area contributed by atoms with Crippen molar-refractivity contribution in [1.82, 2.24) is 9.97 Å². The number of piperazine rings is 1. The standard InChI is InChI=1S/C18H21N5O2/c1-13-14(7-8-19)17(24)21-18(20-13)23-11-9-22(10-12-23)15-5-3-4-6-16(15)25-2/h3-6H,7,9-12H2,1-2H3,(H,20,21,24). The molecule has 0 spiro atoms. The number of benzene rings is 1. The summed E-state index contributed by atoms with van der Waals surface area (Å²) in [5.41, 5.74) is 1.91. The Hall–Kier alpha value is -3.01. The van der Waals surface area contributed by atoms with Crippen LogP contribution in [0.4, 0.5) is 11.6 Å². The van der Waals surface area contributed by atoms with E-state index in [1.807, 2.05) is 24.3 Å². The zero-order valence-electron chi connectivity index (χ0n) is 14.5. The molecular weight excluding hydrogens is 318 g/mol. The number of aromatic nitrogens is 2. The second-order valence-electron chi connectivity index (χ2n) is 5.93. The lowest BCUT2D eigenvalue weighted by Crippen LogP contribution is -2.47. The van der Waals surface area contributed by atoms with Gasteiger partial charge in [0.05, 0.1) is 36.5 Å². The van der Waals surface area contributed by atoms with Gasteiger partial charge in [-0.3, -0.25) is 9.78 Å². The zero-order chi connectivity index (χ0) is 17.8. The van der Waals surface area contributed by atoms with Crippen LogP contribution in [0.5, 0.6) is 5.75 Å². The number of H-pyrrole nitrogens is 1. The molecule has 0 unspecified atom stereocenters. The summed E-state index contributed by atoms with van der Waals surface area (Å²) in [6, 6.07) is 9.97. The van der Waals surface area contributed by atoms with Crippen LogP contribution in [0.2, 0.25) is 0 Å². The second kappa shape index (κ2) is 7.26. The fourth-order valence-electron chi connectivity index (χ4n) is 3.08. The molecule has 2 aromatic rings. The van der Waals surface area contributed by atoms with E-state index in [1.54, 1.807) is 14.0 Å². The third-order valence-electron chi connectivity index (χ3n) is 4.47. The summed E-state index contributed by atoms with van der Waals surface area (Å²) in [5, 5.41) is 8.81. The molecule has 0 radical (unpaired) electrons. The van der Waals surface area contributed by atoms with Crippen LogP contribution in [0.1, 0.15) is 11.3 Å². The molecule has 0 saturated carbocycles. The molecular formula is C18H21N5O2. The summed E-state index contributed by atoms with van der Waals surface area (Å²) in [4.78, 5) is 23.8. The van der Waals surface area contributed by atoms with E-state index >= 15 is 0 Å². The number of nitrogens with one attached hydrogen (secondary N) is 1. The Morgan fingerprint density at radius 3 is 2.56 bits per heavy atom. The van der Waals surface area contributed by atoms with Crippen molar-refractivity contribution < 1.29 is 4.74 Å². The number of rotatable bonds is 4. The Balaban J connectivity index is 1.75. The second-order valence-corrected chi connectivity index (χ2v) is 5.93. The number of aromatic amines is 1. The van der Waals surface area contributed by atoms with Crippen LogP contribution < -0.4 is 20.1 Å². The summed E-state index contributed by atoms with van der Waals surface area (Å²) < 4.78 is 5.44. The maximum atomic E-state index is 12.2. The third kappa shape index (κ3) is 3.43. The SMILES string of the molecule is COc1ccccc1N1CCN(c2nc(C)c(CC#N)c(=O)[nH]2)CC1. The monoisotopic (exact) mass is 339 g/mol. The van der Waals surface area contributed by atoms with Crippen LogP contribution in [0, 0.1) is 18.3 Å². The van der Waals surface area contributed by atoms with Gasteiger partial charge >= 0.3 is 0 Å². The predicted molar refractivity (Wildman–Crippen MR) is 96.3 cm³/mol. The number of hydrogen-bond acceptors (Lipinski definition) is 6. The van der Waals surface area contributed by atoms with E-state index in [4.69, 9.17) is 10.00 Å². The molecule has 1 aromatic carbocycles. The highest BCUT2D eigenvalue weighted by Gasteiger charge is 2.21. The van der Waals surface area contributed by atoms with Crippen molar-refractivity contribution in [2.24, 2.45) is 0 Å². The predicted octanol–water partition coefficient (Wildman–Crippen LogP) is 1.48. The number of nitriles is 1. The van der Waals surface area contributed by atoms with Crippen molar-refractivity contribution in [1.29, 1.82) is 5.26 Å². The minimum absolute atomic E-state index is 0.0794. The van der Waals surface area contributed by atoms with Gasteiger partial charge < -0.3 is 14.5 Å². The van der Waals surface area contributed by atoms with Crippen molar-refractivity contribution in [2.45, 2.75) is 13.3 Å². The molecule has 1 aliphatic rings. The Morgan fingerprint density at radius 1 is 1.24 bits per heavy atom. The number of methoxy groups -OCH3 is 1. The lowest BCUT2D eigenvalue weighted by atomic mass is 10.2. The van der Waals surface area contributed by atoms with E-state index in [9.17, 15) is 4.79 Å². The Morgan fingerprint density at radius 2 is 1.92 bits per heavy atom. The number of aryl methyl sites for hydroxylation is 1. The van der Waals surface area contributed by atoms with Gasteiger partial charge in [-0.25, -0.2) is 4.98 Å². The minimum atomic E-state index is -0.226. The maximum Gasteiger partial charge on any atom is 0.256 e. The first-order valence-electron chi connectivity index (χ1n) is 8.23. The first-order valence-corrected chi connectivity index (χ1v) is 8.23. The molecule has 7 heteroatoms. The van der Waals surface area contributed by atoms with Crippen LogP contribution in [0.25, 0.3) is 0 Å². The molecule has 0 bridgehead atoms. The lowest BCUT2D eigenvalue weighted by Gasteiger charge is -2.36. The van der Waals surface area contributed by atoms with Gasteiger partial charge in [0.2, 0.25) is 5.95 Å². The van der Waals surface area contributed by atoms with Crippen LogP contribution in [0.15, 0.2) is 29.1 Å². The first kappa shape index (κ1) is 16.8. The Labute approximate surface area is 146 Å². The Kier molecular flexibility index (Phi) is 4.89. The molecule has 0 aliphatic carbocycles. The quantitative estimate of drug-likeness (QED) is 0.908. The summed E-state index contributed by atoms with van der Waals surface area (Å²) in [7, 11) is 1.68. The largest absolute Gasteiger partial charge is 0.495 e. The molecule has 25 heavy (non-hydrogen) atoms. The van der Waals surface area contributed by atoms with Gasteiger partial charge in [-0.2, -0.15) is 5.26 Å². The Bertz CT molecular complexity index is 847. The average Bonchev–Trinajstić information content (AvgIpc) is 2.64. The summed E-state index contributed by atoms with van der Waals surface area (Å²) in [6.07, 6.45) is 0.0794. The lowest BCUT2D eigenvalue weighted by molar-refractivity contribution is 0.413. The maximum absolute atomic E-state index is 12.2. The number of hydrogen-bond donors (Lipinski definition) is 1. The van der Waals surface area contributed by atoms with Crippen LogP contribution in [-0.2, 0) is 6.42 Å². The number of ether oxygens (including phenoxy) is 1. The topological polar surface area (TPSA) is 85.2 Å². The molecule has 1 saturated heterocycles. The molecule has 1 aromatic heterocycles. The van der Waals surface area contributed by atoms with Crippen LogP contribution >= 0.6 is 0 Å². The smallest absolute Gasteiger partial charge is 0.256 e. The van der Waals surface area contributed by atoms with Crippen molar-refractivity contribution in [3.05, 3.63) is 45.9 Å². The van der Waals surface area contributed by atoms with Gasteiger partial charge in [-0.05, 0) is 19.1 Å². The van der Waals surface area contributed by atoms with E-state index in [2.05, 4.69) is 25.8 Å². The number of para-hydroxylation sites is 2. The van der Waals surface area contributed by atoms with Gasteiger partial charge in [-0.15, -0.1) is 0 Å². The fraction of sp³-hybridized carbons (Fsp3) is 0.389. The van der Waals surface area contributed by atoms with Gasteiger partial charge in [0, 0.05) is 26.2 Å². The summed E-state index contributed by atoms with van der Waals surface area (Å²) in [5.74, 6) is 1.43. The molecule has 1 N–H and O–H groups in total. The third-order valence-corrected chi connectivity index (χ3v) is 4.47. The van der Waals surface area contributed by atoms with E-state index in [0.29, 0.717) is 17.2 Å². The van der Waals surface area contributed by atoms with E-state index in [0.717, 1.165) is 37.6 Å². The van der Waals surface area contributed by atoms with Crippen LogP contribution in [-0.4, -0.2) is 43.3 Å². The normalized spacial score (nSPS) is 14.3. The van der Waals surface area contributed by atoms with Crippen molar-refractivity contribution in [3.8, 4) is 11.8 Å². The molecule has 2 heterocycles. The number of anilines is 2. The van der Waals surface area contributed by atoms with Crippen molar-refractivity contribution in [3.63, 3.8) is 0 Å². The fourth-order valence-corrected chi connectivity index (χ4v) is 3.08. The van der Waals surface area contributed by atoms with Gasteiger partial charge in [0.15, 0.2) is 0 Å². The summed E-state index contributed by atoms with van der Waals surface area (Å²) in [6.45, 7) is 4.89. The van der Waals surface area contributed by atoms with Gasteiger partial charge in [0.1, 0.15) is 5.75 Å². The van der Waals surface area contributed by atoms with E-state index in [1.165, 1.54) is 0 Å². The molecule has 0 atom stereocenters. The molecule has 130 valence electrons. The average molecular weight is 339 g/mol. The molecule has 3 rings (SSSR count). The highest BCUT2D eigenvalue weighted by molar-refractivity contribution is 5.59. The highest BCUT2D eigenvalue weighted by atomic mass is 16.5. The van der Waals surface area contributed by atoms with E-state index in [-0.39, 0.29) is 12.0 Å². The van der Waals surface area contributed by atoms with Crippen molar-refractivity contribution >= 4 is 11.6 Å².